The highest BCUT2D eigenvalue weighted by atomic mass is 35.5. The van der Waals surface area contributed by atoms with Crippen LogP contribution in [0.4, 0.5) is 5.69 Å². The van der Waals surface area contributed by atoms with Crippen LogP contribution in [0.2, 0.25) is 10.0 Å². The molecule has 2 N–H and O–H groups in total. The maximum Gasteiger partial charge on any atom is 0.268 e. The molecule has 2 aliphatic heterocycles. The number of hydrogen-bond acceptors (Lipinski definition) is 9. The van der Waals surface area contributed by atoms with E-state index in [1.54, 1.807) is 24.5 Å². The lowest BCUT2D eigenvalue weighted by atomic mass is 9.72. The summed E-state index contributed by atoms with van der Waals surface area (Å²) < 4.78 is 47.1. The summed E-state index contributed by atoms with van der Waals surface area (Å²) in [5.74, 6) is 0.108. The van der Waals surface area contributed by atoms with E-state index in [0.717, 1.165) is 87.5 Å². The van der Waals surface area contributed by atoms with Crippen molar-refractivity contribution in [2.24, 2.45) is 5.41 Å². The second-order valence-corrected chi connectivity index (χ2v) is 18.9. The van der Waals surface area contributed by atoms with Crippen molar-refractivity contribution in [2.75, 3.05) is 50.8 Å². The van der Waals surface area contributed by atoms with Crippen molar-refractivity contribution in [1.82, 2.24) is 19.6 Å². The number of aromatic amines is 1. The molecule has 2 fully saturated rings. The number of piperazine rings is 1. The summed E-state index contributed by atoms with van der Waals surface area (Å²) in [6.07, 6.45) is 9.50. The van der Waals surface area contributed by atoms with Gasteiger partial charge < -0.3 is 24.1 Å². The number of hydrogen-bond donors (Lipinski definition) is 2. The highest BCUT2D eigenvalue weighted by molar-refractivity contribution is 7.90. The van der Waals surface area contributed by atoms with Crippen LogP contribution >= 0.6 is 23.2 Å². The van der Waals surface area contributed by atoms with Crippen LogP contribution in [0.3, 0.4) is 0 Å². The van der Waals surface area contributed by atoms with Gasteiger partial charge in [0.05, 0.1) is 34.4 Å². The maximum absolute atomic E-state index is 13.8. The van der Waals surface area contributed by atoms with E-state index in [2.05, 4.69) is 50.5 Å². The van der Waals surface area contributed by atoms with Crippen molar-refractivity contribution in [1.29, 1.82) is 0 Å². The number of amides is 1. The number of nitrogens with zero attached hydrogens (tertiary/aromatic N) is 3. The maximum atomic E-state index is 13.8. The molecule has 14 heteroatoms. The molecule has 2 aromatic heterocycles. The van der Waals surface area contributed by atoms with Crippen molar-refractivity contribution in [2.45, 2.75) is 63.4 Å². The summed E-state index contributed by atoms with van der Waals surface area (Å²) >= 11 is 12.7. The highest BCUT2D eigenvalue weighted by Gasteiger charge is 2.30. The number of aromatic nitrogens is 2. The minimum absolute atomic E-state index is 0.0483. The fraction of sp³-hybridized carbons (Fsp3) is 0.378. The Morgan fingerprint density at radius 1 is 1.00 bits per heavy atom. The van der Waals surface area contributed by atoms with Crippen LogP contribution in [0.15, 0.2) is 95.7 Å². The first kappa shape index (κ1) is 41.2. The number of nitrogens with one attached hydrogen (secondary N) is 2. The summed E-state index contributed by atoms with van der Waals surface area (Å²) in [5.41, 5.74) is 6.01. The molecule has 0 radical (unpaired) electrons. The van der Waals surface area contributed by atoms with Crippen LogP contribution in [0.1, 0.15) is 68.3 Å². The zero-order valence-electron chi connectivity index (χ0n) is 33.3. The monoisotopic (exact) mass is 857 g/mol. The Hall–Kier alpha value is -4.59. The van der Waals surface area contributed by atoms with Gasteiger partial charge in [-0.2, -0.15) is 0 Å². The first-order valence-corrected chi connectivity index (χ1v) is 22.4. The number of carbonyl (C=O) groups is 1. The van der Waals surface area contributed by atoms with E-state index in [-0.39, 0.29) is 32.8 Å². The predicted molar refractivity (Wildman–Crippen MR) is 232 cm³/mol. The lowest BCUT2D eigenvalue weighted by molar-refractivity contribution is 0.0903. The van der Waals surface area contributed by atoms with Gasteiger partial charge in [0, 0.05) is 74.1 Å². The summed E-state index contributed by atoms with van der Waals surface area (Å²) in [7, 11) is -4.33. The fourth-order valence-electron chi connectivity index (χ4n) is 8.15. The minimum atomic E-state index is -4.33. The van der Waals surface area contributed by atoms with Gasteiger partial charge in [0.15, 0.2) is 0 Å². The van der Waals surface area contributed by atoms with E-state index in [4.69, 9.17) is 37.4 Å². The molecule has 1 atom stereocenters. The quantitative estimate of drug-likeness (QED) is 0.119. The molecule has 3 aliphatic rings. The van der Waals surface area contributed by atoms with Gasteiger partial charge in [0.25, 0.3) is 15.9 Å². The summed E-state index contributed by atoms with van der Waals surface area (Å²) in [4.78, 5) is 26.0. The molecular weight excluding hydrogens is 809 g/mol. The van der Waals surface area contributed by atoms with Crippen LogP contribution in [0, 0.1) is 5.41 Å². The lowest BCUT2D eigenvalue weighted by Crippen LogP contribution is -2.47. The molecule has 59 heavy (non-hydrogen) atoms. The third-order valence-electron chi connectivity index (χ3n) is 11.5. The Labute approximate surface area is 355 Å². The van der Waals surface area contributed by atoms with Gasteiger partial charge >= 0.3 is 0 Å². The Morgan fingerprint density at radius 2 is 1.81 bits per heavy atom. The lowest BCUT2D eigenvalue weighted by Gasteiger charge is -2.39. The molecule has 11 nitrogen and oxygen atoms in total. The Kier molecular flexibility index (Phi) is 12.2. The molecular formula is C45H49Cl2N5O6S. The number of pyridine rings is 1. The number of benzene rings is 3. The van der Waals surface area contributed by atoms with Crippen molar-refractivity contribution >= 4 is 61.4 Å². The van der Waals surface area contributed by atoms with Crippen molar-refractivity contribution in [3.05, 3.63) is 112 Å². The van der Waals surface area contributed by atoms with E-state index < -0.39 is 15.9 Å². The van der Waals surface area contributed by atoms with E-state index in [1.807, 2.05) is 30.3 Å². The van der Waals surface area contributed by atoms with Crippen LogP contribution < -0.4 is 19.1 Å². The van der Waals surface area contributed by atoms with Gasteiger partial charge in [0.2, 0.25) is 0 Å². The van der Waals surface area contributed by atoms with Crippen LogP contribution in [0.25, 0.3) is 16.6 Å². The summed E-state index contributed by atoms with van der Waals surface area (Å²) in [6.45, 7) is 9.98. The molecule has 1 unspecified atom stereocenters. The number of H-pyrrole nitrogens is 1. The van der Waals surface area contributed by atoms with Crippen molar-refractivity contribution in [3.63, 3.8) is 0 Å². The van der Waals surface area contributed by atoms with Gasteiger partial charge in [0.1, 0.15) is 22.9 Å². The average molecular weight is 859 g/mol. The van der Waals surface area contributed by atoms with Gasteiger partial charge in [-0.25, -0.2) is 18.1 Å². The molecule has 5 aromatic rings. The zero-order valence-corrected chi connectivity index (χ0v) is 35.6. The highest BCUT2D eigenvalue weighted by Crippen LogP contribution is 2.43. The third-order valence-corrected chi connectivity index (χ3v) is 13.4. The number of anilines is 1. The smallest absolute Gasteiger partial charge is 0.268 e. The van der Waals surface area contributed by atoms with Crippen LogP contribution in [-0.2, 0) is 14.8 Å². The first-order valence-electron chi connectivity index (χ1n) is 20.2. The second-order valence-electron chi connectivity index (χ2n) is 16.4. The topological polar surface area (TPSA) is 126 Å². The molecule has 0 saturated carbocycles. The van der Waals surface area contributed by atoms with Crippen molar-refractivity contribution in [3.8, 4) is 17.2 Å². The van der Waals surface area contributed by atoms with E-state index in [1.165, 1.54) is 34.9 Å². The largest absolute Gasteiger partial charge is 0.492 e. The van der Waals surface area contributed by atoms with Gasteiger partial charge in [-0.1, -0.05) is 54.8 Å². The molecule has 2 saturated heterocycles. The second kappa shape index (κ2) is 17.6. The van der Waals surface area contributed by atoms with Crippen LogP contribution in [-0.4, -0.2) is 81.2 Å². The standard InChI is InChI=1S/C45H49Cl2N5O6S/c1-45(2)16-13-32(39(27-45)30-5-7-33(46)8-6-30)29-51-18-20-52(21-19-51)34-9-11-38(42(25-34)58-36-24-31-14-17-48-43(31)49-28-36)44(53)50-59(54,55)37-10-12-41(40(47)26-37)57-23-15-35-4-3-22-56-35/h5-12,14,17,24-26,28,35H,3-4,13,15-16,18-23,27,29H2,1-2H3,(H,48,49)(H,50,53). The first-order chi connectivity index (χ1) is 28.4. The number of sulfonamides is 1. The number of fused-ring (bicyclic) bond motifs is 1. The number of allylic oxidation sites excluding steroid dienone is 1. The van der Waals surface area contributed by atoms with E-state index >= 15 is 0 Å². The number of halogens is 2. The Balaban J connectivity index is 0.980. The molecule has 8 rings (SSSR count). The molecule has 3 aromatic carbocycles. The van der Waals surface area contributed by atoms with Gasteiger partial charge in [-0.05, 0) is 103 Å². The fourth-order valence-corrected chi connectivity index (χ4v) is 9.57. The number of rotatable bonds is 13. The Morgan fingerprint density at radius 3 is 2.58 bits per heavy atom. The zero-order chi connectivity index (χ0) is 41.1. The van der Waals surface area contributed by atoms with Crippen LogP contribution in [0.5, 0.6) is 17.2 Å². The number of ether oxygens (including phenoxy) is 3. The number of carbonyl (C=O) groups excluding carboxylic acids is 1. The molecule has 0 bridgehead atoms. The molecule has 310 valence electrons. The minimum Gasteiger partial charge on any atom is -0.492 e. The van der Waals surface area contributed by atoms with Gasteiger partial charge in [-0.15, -0.1) is 0 Å². The van der Waals surface area contributed by atoms with E-state index in [0.29, 0.717) is 30.2 Å². The summed E-state index contributed by atoms with van der Waals surface area (Å²) in [5, 5.41) is 1.69. The molecule has 1 amide bonds. The van der Waals surface area contributed by atoms with Crippen molar-refractivity contribution < 1.29 is 27.4 Å². The third kappa shape index (κ3) is 9.90. The normalized spacial score (nSPS) is 18.6. The average Bonchev–Trinajstić information content (AvgIpc) is 3.92. The Bertz CT molecular complexity index is 2460. The molecule has 0 spiro atoms. The molecule has 4 heterocycles. The predicted octanol–water partition coefficient (Wildman–Crippen LogP) is 9.51. The van der Waals surface area contributed by atoms with Gasteiger partial charge in [-0.3, -0.25) is 9.69 Å². The summed E-state index contributed by atoms with van der Waals surface area (Å²) in [6, 6.07) is 21.3. The van der Waals surface area contributed by atoms with E-state index in [9.17, 15) is 13.2 Å². The SMILES string of the molecule is CC1(C)CCC(CN2CCN(c3ccc(C(=O)NS(=O)(=O)c4ccc(OCCC5CCCO5)c(Cl)c4)c(Oc4cnc5[nH]ccc5c4)c3)CC2)=C(c2ccc(Cl)cc2)C1. The molecule has 1 aliphatic carbocycles.